The van der Waals surface area contributed by atoms with Crippen LogP contribution in [0.5, 0.6) is 0 Å². The summed E-state index contributed by atoms with van der Waals surface area (Å²) in [6, 6.07) is 10.7. The van der Waals surface area contributed by atoms with E-state index >= 15 is 0 Å². The summed E-state index contributed by atoms with van der Waals surface area (Å²) in [7, 11) is 0. The van der Waals surface area contributed by atoms with Gasteiger partial charge < -0.3 is 15.0 Å². The highest BCUT2D eigenvalue weighted by molar-refractivity contribution is 5.80. The maximum atomic E-state index is 13.0. The molecule has 0 radical (unpaired) electrons. The van der Waals surface area contributed by atoms with Crippen LogP contribution < -0.4 is 4.90 Å². The van der Waals surface area contributed by atoms with E-state index in [2.05, 4.69) is 19.9 Å². The summed E-state index contributed by atoms with van der Waals surface area (Å²) >= 11 is 0. The van der Waals surface area contributed by atoms with Gasteiger partial charge in [-0.3, -0.25) is 9.78 Å². The highest BCUT2D eigenvalue weighted by Crippen LogP contribution is 2.32. The molecule has 1 fully saturated rings. The van der Waals surface area contributed by atoms with Crippen molar-refractivity contribution in [1.29, 1.82) is 0 Å². The van der Waals surface area contributed by atoms with Gasteiger partial charge in [0, 0.05) is 36.6 Å². The Morgan fingerprint density at radius 3 is 2.53 bits per heavy atom. The lowest BCUT2D eigenvalue weighted by atomic mass is 9.98. The van der Waals surface area contributed by atoms with Crippen LogP contribution in [0.1, 0.15) is 18.4 Å². The molecule has 3 aromatic heterocycles. The molecule has 0 aliphatic carbocycles. The van der Waals surface area contributed by atoms with E-state index in [1.165, 1.54) is 6.07 Å². The summed E-state index contributed by atoms with van der Waals surface area (Å²) in [5.41, 5.74) is 2.13. The molecule has 7 nitrogen and oxygen atoms in total. The molecule has 4 aromatic rings. The Morgan fingerprint density at radius 1 is 1.06 bits per heavy atom. The number of carbonyl (C=O) groups is 1. The summed E-state index contributed by atoms with van der Waals surface area (Å²) in [6.45, 7) is 1.21. The molecule has 1 aliphatic heterocycles. The van der Waals surface area contributed by atoms with Gasteiger partial charge in [0.1, 0.15) is 11.6 Å². The second-order valence-corrected chi connectivity index (χ2v) is 8.28. The predicted octanol–water partition coefficient (Wildman–Crippen LogP) is 5.01. The van der Waals surface area contributed by atoms with Crippen LogP contribution in [0.25, 0.3) is 33.7 Å². The third-order valence-electron chi connectivity index (χ3n) is 5.98. The minimum atomic E-state index is -4.42. The number of hydrogen-bond acceptors (Lipinski definition) is 5. The lowest BCUT2D eigenvalue weighted by Crippen LogP contribution is -2.39. The molecule has 0 bridgehead atoms. The molecule has 0 saturated carbocycles. The van der Waals surface area contributed by atoms with Gasteiger partial charge in [0.05, 0.1) is 28.2 Å². The molecule has 10 heteroatoms. The van der Waals surface area contributed by atoms with Crippen LogP contribution in [0.2, 0.25) is 0 Å². The number of aliphatic carboxylic acids is 1. The largest absolute Gasteiger partial charge is 0.481 e. The van der Waals surface area contributed by atoms with E-state index < -0.39 is 17.7 Å². The van der Waals surface area contributed by atoms with Gasteiger partial charge in [-0.15, -0.1) is 0 Å². The Balaban J connectivity index is 1.34. The number of fused-ring (bicyclic) bond motifs is 1. The lowest BCUT2D eigenvalue weighted by Gasteiger charge is -2.31. The van der Waals surface area contributed by atoms with Crippen molar-refractivity contribution in [2.45, 2.75) is 19.0 Å². The average molecular weight is 467 g/mol. The van der Waals surface area contributed by atoms with E-state index in [1.807, 2.05) is 17.0 Å². The summed E-state index contributed by atoms with van der Waals surface area (Å²) < 4.78 is 38.9. The van der Waals surface area contributed by atoms with Crippen LogP contribution >= 0.6 is 0 Å². The normalized spacial score (nSPS) is 16.7. The number of imidazole rings is 1. The standard InChI is InChI=1S/C24H20F3N5O2/c25-24(26,27)17-5-7-19-20(10-17)31-22(30-19)15-3-6-18(28-12-15)14-4-8-21(29-11-14)32-9-1-2-16(13-32)23(33)34/h3-8,10-12,16H,1-2,9,13H2,(H,30,31)(H,33,34). The minimum Gasteiger partial charge on any atom is -0.481 e. The topological polar surface area (TPSA) is 95.0 Å². The summed E-state index contributed by atoms with van der Waals surface area (Å²) in [5.74, 6) is -0.00894. The van der Waals surface area contributed by atoms with E-state index in [1.54, 1.807) is 24.5 Å². The van der Waals surface area contributed by atoms with Gasteiger partial charge in [-0.05, 0) is 55.3 Å². The first kappa shape index (κ1) is 21.9. The number of aromatic amines is 1. The maximum Gasteiger partial charge on any atom is 0.416 e. The van der Waals surface area contributed by atoms with Gasteiger partial charge in [-0.2, -0.15) is 13.2 Å². The van der Waals surface area contributed by atoms with E-state index in [9.17, 15) is 23.1 Å². The Bertz CT molecular complexity index is 1330. The van der Waals surface area contributed by atoms with Crippen LogP contribution in [0.15, 0.2) is 54.9 Å². The van der Waals surface area contributed by atoms with Crippen LogP contribution in [0, 0.1) is 5.92 Å². The molecule has 2 N–H and O–H groups in total. The Morgan fingerprint density at radius 2 is 1.85 bits per heavy atom. The number of H-pyrrole nitrogens is 1. The third kappa shape index (κ3) is 4.30. The van der Waals surface area contributed by atoms with Gasteiger partial charge in [-0.1, -0.05) is 0 Å². The number of alkyl halides is 3. The Kier molecular flexibility index (Phi) is 5.43. The van der Waals surface area contributed by atoms with Crippen molar-refractivity contribution in [1.82, 2.24) is 19.9 Å². The zero-order valence-electron chi connectivity index (χ0n) is 17.9. The molecular formula is C24H20F3N5O2. The lowest BCUT2D eigenvalue weighted by molar-refractivity contribution is -0.142. The molecule has 1 saturated heterocycles. The van der Waals surface area contributed by atoms with Gasteiger partial charge >= 0.3 is 12.1 Å². The van der Waals surface area contributed by atoms with E-state index in [4.69, 9.17) is 0 Å². The fourth-order valence-electron chi connectivity index (χ4n) is 4.14. The summed E-state index contributed by atoms with van der Waals surface area (Å²) in [5, 5.41) is 9.28. The van der Waals surface area contributed by atoms with Crippen LogP contribution in [0.3, 0.4) is 0 Å². The number of carboxylic acid groups (broad SMARTS) is 1. The summed E-state index contributed by atoms with van der Waals surface area (Å²) in [6.07, 6.45) is 0.366. The molecular weight excluding hydrogens is 447 g/mol. The molecule has 1 atom stereocenters. The van der Waals surface area contributed by atoms with Gasteiger partial charge in [0.25, 0.3) is 0 Å². The van der Waals surface area contributed by atoms with E-state index in [-0.39, 0.29) is 5.92 Å². The first-order chi connectivity index (χ1) is 16.3. The highest BCUT2D eigenvalue weighted by Gasteiger charge is 2.31. The number of aromatic nitrogens is 4. The molecule has 5 rings (SSSR count). The second kappa shape index (κ2) is 8.44. The second-order valence-electron chi connectivity index (χ2n) is 8.28. The number of nitrogens with zero attached hydrogens (tertiary/aromatic N) is 4. The first-order valence-electron chi connectivity index (χ1n) is 10.8. The molecule has 0 amide bonds. The van der Waals surface area contributed by atoms with Crippen molar-refractivity contribution in [2.75, 3.05) is 18.0 Å². The SMILES string of the molecule is O=C(O)C1CCCN(c2ccc(-c3ccc(-c4nc5ccc(C(F)(F)F)cc5[nH]4)cn3)cn2)C1. The van der Waals surface area contributed by atoms with Gasteiger partial charge in [0.2, 0.25) is 0 Å². The Labute approximate surface area is 192 Å². The van der Waals surface area contributed by atoms with Crippen molar-refractivity contribution in [3.8, 4) is 22.6 Å². The van der Waals surface area contributed by atoms with Crippen molar-refractivity contribution < 1.29 is 23.1 Å². The smallest absolute Gasteiger partial charge is 0.416 e. The van der Waals surface area contributed by atoms with Crippen molar-refractivity contribution >= 4 is 22.8 Å². The van der Waals surface area contributed by atoms with Gasteiger partial charge in [-0.25, -0.2) is 9.97 Å². The number of halogens is 3. The number of anilines is 1. The van der Waals surface area contributed by atoms with Crippen LogP contribution in [-0.4, -0.2) is 44.1 Å². The number of piperidine rings is 1. The fraction of sp³-hybridized carbons (Fsp3) is 0.250. The number of carboxylic acids is 1. The molecule has 34 heavy (non-hydrogen) atoms. The van der Waals surface area contributed by atoms with E-state index in [0.717, 1.165) is 36.5 Å². The third-order valence-corrected chi connectivity index (χ3v) is 5.98. The molecule has 174 valence electrons. The zero-order valence-corrected chi connectivity index (χ0v) is 17.9. The van der Waals surface area contributed by atoms with Crippen LogP contribution in [0.4, 0.5) is 19.0 Å². The fourth-order valence-corrected chi connectivity index (χ4v) is 4.14. The monoisotopic (exact) mass is 467 g/mol. The van der Waals surface area contributed by atoms with Crippen LogP contribution in [-0.2, 0) is 11.0 Å². The molecule has 1 aromatic carbocycles. The number of rotatable bonds is 4. The Hall–Kier alpha value is -3.95. The minimum absolute atomic E-state index is 0.302. The van der Waals surface area contributed by atoms with Crippen molar-refractivity contribution in [3.63, 3.8) is 0 Å². The predicted molar refractivity (Wildman–Crippen MR) is 120 cm³/mol. The molecule has 1 unspecified atom stereocenters. The highest BCUT2D eigenvalue weighted by atomic mass is 19.4. The molecule has 4 heterocycles. The number of pyridine rings is 2. The van der Waals surface area contributed by atoms with Crippen molar-refractivity contribution in [3.05, 3.63) is 60.4 Å². The maximum absolute atomic E-state index is 13.0. The molecule has 1 aliphatic rings. The van der Waals surface area contributed by atoms with Crippen molar-refractivity contribution in [2.24, 2.45) is 5.92 Å². The zero-order chi connectivity index (χ0) is 23.9. The summed E-state index contributed by atoms with van der Waals surface area (Å²) in [4.78, 5) is 29.5. The quantitative estimate of drug-likeness (QED) is 0.438. The van der Waals surface area contributed by atoms with E-state index in [0.29, 0.717) is 41.1 Å². The molecule has 0 spiro atoms. The first-order valence-corrected chi connectivity index (χ1v) is 10.8. The average Bonchev–Trinajstić information content (AvgIpc) is 3.27. The van der Waals surface area contributed by atoms with Gasteiger partial charge in [0.15, 0.2) is 0 Å². The number of nitrogens with one attached hydrogen (secondary N) is 1. The number of benzene rings is 1. The number of hydrogen-bond donors (Lipinski definition) is 2.